The van der Waals surface area contributed by atoms with Gasteiger partial charge >= 0.3 is 0 Å². The molecule has 1 aromatic carbocycles. The van der Waals surface area contributed by atoms with Crippen molar-refractivity contribution in [2.45, 2.75) is 13.3 Å². The van der Waals surface area contributed by atoms with Gasteiger partial charge in [-0.1, -0.05) is 11.8 Å². The van der Waals surface area contributed by atoms with E-state index >= 15 is 0 Å². The number of hydrogen-bond donors (Lipinski definition) is 1. The molecule has 0 aromatic heterocycles. The van der Waals surface area contributed by atoms with Crippen molar-refractivity contribution in [1.82, 2.24) is 0 Å². The highest BCUT2D eigenvalue weighted by Crippen LogP contribution is 2.11. The summed E-state index contributed by atoms with van der Waals surface area (Å²) in [5.74, 6) is 6.57. The van der Waals surface area contributed by atoms with Crippen molar-refractivity contribution in [2.24, 2.45) is 0 Å². The van der Waals surface area contributed by atoms with Crippen LogP contribution in [0.4, 0.5) is 0 Å². The van der Waals surface area contributed by atoms with E-state index in [0.717, 1.165) is 11.3 Å². The van der Waals surface area contributed by atoms with Gasteiger partial charge in [0, 0.05) is 18.6 Å². The van der Waals surface area contributed by atoms with E-state index in [2.05, 4.69) is 11.8 Å². The van der Waals surface area contributed by atoms with Gasteiger partial charge in [0.25, 0.3) is 0 Å². The molecule has 0 unspecified atom stereocenters. The number of ether oxygens (including phenoxy) is 2. The number of benzene rings is 1. The maximum absolute atomic E-state index is 8.57. The minimum Gasteiger partial charge on any atom is -0.468 e. The predicted octanol–water partition coefficient (Wildman–Crippen LogP) is 1.79. The number of hydrogen-bond acceptors (Lipinski definition) is 3. The highest BCUT2D eigenvalue weighted by atomic mass is 16.7. The smallest absolute Gasteiger partial charge is 0.189 e. The third-order valence-electron chi connectivity index (χ3n) is 1.84. The fourth-order valence-electron chi connectivity index (χ4n) is 1.05. The average molecular weight is 220 g/mol. The summed E-state index contributed by atoms with van der Waals surface area (Å²) in [7, 11) is 0. The van der Waals surface area contributed by atoms with E-state index < -0.39 is 0 Å². The van der Waals surface area contributed by atoms with Crippen LogP contribution in [-0.2, 0) is 4.74 Å². The summed E-state index contributed by atoms with van der Waals surface area (Å²) in [4.78, 5) is 0. The van der Waals surface area contributed by atoms with Crippen LogP contribution in [0.3, 0.4) is 0 Å². The lowest BCUT2D eigenvalue weighted by molar-refractivity contribution is 0.0224. The molecule has 0 aliphatic heterocycles. The first kappa shape index (κ1) is 12.6. The van der Waals surface area contributed by atoms with E-state index in [4.69, 9.17) is 14.6 Å². The quantitative estimate of drug-likeness (QED) is 0.467. The molecule has 0 bridgehead atoms. The fourth-order valence-corrected chi connectivity index (χ4v) is 1.05. The number of rotatable bonds is 5. The van der Waals surface area contributed by atoms with E-state index in [1.165, 1.54) is 0 Å². The monoisotopic (exact) mass is 220 g/mol. The van der Waals surface area contributed by atoms with E-state index in [9.17, 15) is 0 Å². The molecule has 0 aliphatic carbocycles. The lowest BCUT2D eigenvalue weighted by Crippen LogP contribution is -2.01. The van der Waals surface area contributed by atoms with Crippen molar-refractivity contribution in [3.8, 4) is 17.6 Å². The molecule has 0 amide bonds. The molecule has 3 nitrogen and oxygen atoms in total. The van der Waals surface area contributed by atoms with Crippen LogP contribution in [0.5, 0.6) is 5.75 Å². The van der Waals surface area contributed by atoms with Crippen LogP contribution in [0.25, 0.3) is 0 Å². The molecule has 0 saturated heterocycles. The second-order valence-electron chi connectivity index (χ2n) is 3.05. The summed E-state index contributed by atoms with van der Waals surface area (Å²) in [6.07, 6.45) is 0.503. The Hall–Kier alpha value is -1.50. The van der Waals surface area contributed by atoms with Gasteiger partial charge in [0.2, 0.25) is 0 Å². The van der Waals surface area contributed by atoms with Crippen molar-refractivity contribution in [1.29, 1.82) is 0 Å². The Bertz CT molecular complexity index is 346. The molecular formula is C13H16O3. The third kappa shape index (κ3) is 4.83. The van der Waals surface area contributed by atoms with Crippen molar-refractivity contribution in [3.63, 3.8) is 0 Å². The van der Waals surface area contributed by atoms with Crippen molar-refractivity contribution in [2.75, 3.05) is 20.0 Å². The summed E-state index contributed by atoms with van der Waals surface area (Å²) < 4.78 is 10.4. The number of aliphatic hydroxyl groups is 1. The molecule has 0 spiro atoms. The Balaban J connectivity index is 2.45. The molecule has 0 atom stereocenters. The van der Waals surface area contributed by atoms with Crippen LogP contribution in [0.15, 0.2) is 24.3 Å². The average Bonchev–Trinajstić information content (AvgIpc) is 2.32. The topological polar surface area (TPSA) is 38.7 Å². The molecule has 86 valence electrons. The van der Waals surface area contributed by atoms with Gasteiger partial charge in [0.05, 0.1) is 6.61 Å². The molecule has 1 N–H and O–H groups in total. The second-order valence-corrected chi connectivity index (χ2v) is 3.05. The van der Waals surface area contributed by atoms with Crippen molar-refractivity contribution >= 4 is 0 Å². The zero-order valence-corrected chi connectivity index (χ0v) is 9.40. The van der Waals surface area contributed by atoms with Crippen LogP contribution in [-0.4, -0.2) is 25.1 Å². The first-order valence-electron chi connectivity index (χ1n) is 5.27. The zero-order chi connectivity index (χ0) is 11.6. The highest BCUT2D eigenvalue weighted by Gasteiger charge is 1.92. The fraction of sp³-hybridized carbons (Fsp3) is 0.385. The molecule has 3 heteroatoms. The van der Waals surface area contributed by atoms with Gasteiger partial charge in [-0.05, 0) is 31.2 Å². The van der Waals surface area contributed by atoms with E-state index in [1.807, 2.05) is 31.2 Å². The maximum atomic E-state index is 8.57. The molecule has 1 aromatic rings. The Kier molecular flexibility index (Phi) is 6.09. The molecular weight excluding hydrogens is 204 g/mol. The van der Waals surface area contributed by atoms with Gasteiger partial charge in [-0.15, -0.1) is 0 Å². The van der Waals surface area contributed by atoms with Crippen LogP contribution in [0, 0.1) is 11.8 Å². The molecule has 16 heavy (non-hydrogen) atoms. The van der Waals surface area contributed by atoms with Crippen molar-refractivity contribution in [3.05, 3.63) is 29.8 Å². The molecule has 1 rings (SSSR count). The Morgan fingerprint density at radius 2 is 2.00 bits per heavy atom. The Morgan fingerprint density at radius 1 is 1.25 bits per heavy atom. The Morgan fingerprint density at radius 3 is 2.62 bits per heavy atom. The second kappa shape index (κ2) is 7.75. The minimum absolute atomic E-state index is 0.0998. The molecule has 0 heterocycles. The molecule has 0 fully saturated rings. The molecule has 0 aliphatic rings. The van der Waals surface area contributed by atoms with Gasteiger partial charge in [-0.3, -0.25) is 0 Å². The highest BCUT2D eigenvalue weighted by molar-refractivity contribution is 5.38. The minimum atomic E-state index is 0.0998. The maximum Gasteiger partial charge on any atom is 0.189 e. The summed E-state index contributed by atoms with van der Waals surface area (Å²) >= 11 is 0. The third-order valence-corrected chi connectivity index (χ3v) is 1.84. The first-order chi connectivity index (χ1) is 7.86. The van der Waals surface area contributed by atoms with Crippen molar-refractivity contribution < 1.29 is 14.6 Å². The summed E-state index contributed by atoms with van der Waals surface area (Å²) in [5.41, 5.74) is 0.914. The van der Waals surface area contributed by atoms with Gasteiger partial charge in [0.1, 0.15) is 5.75 Å². The zero-order valence-electron chi connectivity index (χ0n) is 9.40. The SMILES string of the molecule is CCOCOc1ccc(C#CCCO)cc1. The normalized spacial score (nSPS) is 9.38. The summed E-state index contributed by atoms with van der Waals surface area (Å²) in [5, 5.41) is 8.57. The standard InChI is InChI=1S/C13H16O3/c1-2-15-11-16-13-8-6-12(7-9-13)5-3-4-10-14/h6-9,14H,2,4,10-11H2,1H3. The summed E-state index contributed by atoms with van der Waals surface area (Å²) in [6.45, 7) is 2.93. The van der Waals surface area contributed by atoms with Gasteiger partial charge < -0.3 is 14.6 Å². The van der Waals surface area contributed by atoms with E-state index in [0.29, 0.717) is 13.0 Å². The molecule has 0 radical (unpaired) electrons. The van der Waals surface area contributed by atoms with Gasteiger partial charge in [-0.2, -0.15) is 0 Å². The largest absolute Gasteiger partial charge is 0.468 e. The molecule has 0 saturated carbocycles. The summed E-state index contributed by atoms with van der Waals surface area (Å²) in [6, 6.07) is 7.46. The Labute approximate surface area is 96.0 Å². The first-order valence-corrected chi connectivity index (χ1v) is 5.27. The van der Waals surface area contributed by atoms with Crippen LogP contribution in [0.2, 0.25) is 0 Å². The van der Waals surface area contributed by atoms with E-state index in [1.54, 1.807) is 0 Å². The van der Waals surface area contributed by atoms with Gasteiger partial charge in [0.15, 0.2) is 6.79 Å². The number of aliphatic hydroxyl groups excluding tert-OH is 1. The predicted molar refractivity (Wildman–Crippen MR) is 62.1 cm³/mol. The lowest BCUT2D eigenvalue weighted by atomic mass is 10.2. The van der Waals surface area contributed by atoms with Crippen LogP contribution >= 0.6 is 0 Å². The van der Waals surface area contributed by atoms with Gasteiger partial charge in [-0.25, -0.2) is 0 Å². The van der Waals surface area contributed by atoms with Crippen LogP contribution in [0.1, 0.15) is 18.9 Å². The lowest BCUT2D eigenvalue weighted by Gasteiger charge is -2.05. The van der Waals surface area contributed by atoms with E-state index in [-0.39, 0.29) is 13.4 Å². The van der Waals surface area contributed by atoms with Crippen LogP contribution < -0.4 is 4.74 Å².